The van der Waals surface area contributed by atoms with Crippen molar-refractivity contribution in [3.8, 4) is 0 Å². The van der Waals surface area contributed by atoms with Crippen LogP contribution in [0.4, 0.5) is 13.2 Å². The van der Waals surface area contributed by atoms with Crippen LogP contribution in [-0.2, 0) is 33.2 Å². The van der Waals surface area contributed by atoms with E-state index in [1.165, 1.54) is 5.32 Å². The van der Waals surface area contributed by atoms with Crippen molar-refractivity contribution in [1.82, 2.24) is 5.32 Å². The molecule has 0 spiro atoms. The zero-order valence-corrected chi connectivity index (χ0v) is 24.2. The molecule has 276 valence electrons. The van der Waals surface area contributed by atoms with Crippen molar-refractivity contribution in [2.75, 3.05) is 33.0 Å². The van der Waals surface area contributed by atoms with E-state index in [1.807, 2.05) is 0 Å². The summed E-state index contributed by atoms with van der Waals surface area (Å²) in [6, 6.07) is 0. The number of rotatable bonds is 13. The average Bonchev–Trinajstić information content (AvgIpc) is 3.03. The van der Waals surface area contributed by atoms with E-state index >= 15 is 0 Å². The van der Waals surface area contributed by atoms with E-state index in [9.17, 15) is 79.2 Å². The number of carbonyl (C=O) groups is 1. The molecule has 17 atom stereocenters. The maximum atomic E-state index is 12.6. The zero-order valence-electron chi connectivity index (χ0n) is 24.2. The van der Waals surface area contributed by atoms with Gasteiger partial charge in [-0.05, 0) is 0 Å². The predicted molar refractivity (Wildman–Crippen MR) is 136 cm³/mol. The second kappa shape index (κ2) is 17.0. The Morgan fingerprint density at radius 3 is 1.74 bits per heavy atom. The Morgan fingerprint density at radius 2 is 1.19 bits per heavy atom. The van der Waals surface area contributed by atoms with Crippen LogP contribution in [0.2, 0.25) is 0 Å². The summed E-state index contributed by atoms with van der Waals surface area (Å²) in [5.41, 5.74) is 0. The highest BCUT2D eigenvalue weighted by molar-refractivity contribution is 5.81. The molecule has 0 bridgehead atoms. The predicted octanol–water partition coefficient (Wildman–Crippen LogP) is -8.15. The Hall–Kier alpha value is -1.46. The number of amides is 1. The maximum Gasteiger partial charge on any atom is 0.471 e. The molecule has 13 N–H and O–H groups in total. The number of hydrogen-bond acceptors (Lipinski definition) is 19. The summed E-state index contributed by atoms with van der Waals surface area (Å²) in [5, 5.41) is 124. The van der Waals surface area contributed by atoms with Crippen molar-refractivity contribution < 1.29 is 108 Å². The number of alkyl halides is 3. The van der Waals surface area contributed by atoms with Gasteiger partial charge in [-0.15, -0.1) is 0 Å². The molecule has 0 aromatic carbocycles. The Morgan fingerprint density at radius 1 is 0.681 bits per heavy atom. The largest absolute Gasteiger partial charge is 0.471 e. The van der Waals surface area contributed by atoms with Crippen LogP contribution in [0.5, 0.6) is 0 Å². The van der Waals surface area contributed by atoms with E-state index in [0.717, 1.165) is 0 Å². The summed E-state index contributed by atoms with van der Waals surface area (Å²) in [6.45, 7) is -4.58. The van der Waals surface area contributed by atoms with Gasteiger partial charge in [-0.1, -0.05) is 0 Å². The Bertz CT molecular complexity index is 984. The van der Waals surface area contributed by atoms with Crippen LogP contribution in [0.15, 0.2) is 0 Å². The molecular weight excluding hydrogens is 663 g/mol. The first-order chi connectivity index (χ1) is 22.0. The van der Waals surface area contributed by atoms with E-state index in [1.54, 1.807) is 0 Å². The number of ether oxygens (including phenoxy) is 6. The van der Waals surface area contributed by atoms with Crippen LogP contribution in [0.25, 0.3) is 0 Å². The van der Waals surface area contributed by atoms with Gasteiger partial charge in [-0.25, -0.2) is 0 Å². The van der Waals surface area contributed by atoms with E-state index in [-0.39, 0.29) is 0 Å². The van der Waals surface area contributed by atoms with Gasteiger partial charge in [0.25, 0.3) is 0 Å². The van der Waals surface area contributed by atoms with Crippen LogP contribution in [-0.4, -0.2) is 211 Å². The van der Waals surface area contributed by atoms with E-state index < -0.39 is 149 Å². The molecule has 0 unspecified atom stereocenters. The summed E-state index contributed by atoms with van der Waals surface area (Å²) in [5.74, 6) is -2.33. The number of aliphatic hydroxyl groups is 12. The quantitative estimate of drug-likeness (QED) is 0.0792. The lowest BCUT2D eigenvalue weighted by atomic mass is 9.93. The van der Waals surface area contributed by atoms with Gasteiger partial charge in [-0.2, -0.15) is 13.2 Å². The minimum Gasteiger partial charge on any atom is -0.394 e. The van der Waals surface area contributed by atoms with Gasteiger partial charge in [0.05, 0.1) is 26.4 Å². The molecule has 0 saturated carbocycles. The first kappa shape index (κ1) is 40.0. The van der Waals surface area contributed by atoms with Crippen LogP contribution in [0.1, 0.15) is 0 Å². The Labute approximate surface area is 263 Å². The average molecular weight is 704 g/mol. The fraction of sp³-hybridized carbons (Fsp3) is 0.958. The van der Waals surface area contributed by atoms with Crippen molar-refractivity contribution >= 4 is 5.91 Å². The van der Waals surface area contributed by atoms with Gasteiger partial charge >= 0.3 is 12.1 Å². The summed E-state index contributed by atoms with van der Waals surface area (Å²) < 4.78 is 70.3. The normalized spacial score (nSPS) is 42.9. The van der Waals surface area contributed by atoms with Crippen molar-refractivity contribution in [3.63, 3.8) is 0 Å². The first-order valence-electron chi connectivity index (χ1n) is 14.2. The summed E-state index contributed by atoms with van der Waals surface area (Å²) in [7, 11) is 0. The molecule has 3 heterocycles. The number of nitrogens with one attached hydrogen (secondary N) is 1. The molecule has 23 heteroatoms. The fourth-order valence-corrected chi connectivity index (χ4v) is 5.04. The number of carbonyl (C=O) groups excluding carboxylic acids is 1. The summed E-state index contributed by atoms with van der Waals surface area (Å²) in [6.07, 6.45) is -38.5. The summed E-state index contributed by atoms with van der Waals surface area (Å²) in [4.78, 5) is 11.2. The molecule has 0 radical (unpaired) electrons. The Balaban J connectivity index is 1.92. The van der Waals surface area contributed by atoms with Crippen molar-refractivity contribution in [1.29, 1.82) is 0 Å². The number of aliphatic hydroxyl groups excluding tert-OH is 12. The molecule has 0 aromatic heterocycles. The second-order valence-corrected chi connectivity index (χ2v) is 10.9. The van der Waals surface area contributed by atoms with Crippen LogP contribution in [0.3, 0.4) is 0 Å². The minimum atomic E-state index is -5.25. The highest BCUT2D eigenvalue weighted by Crippen LogP contribution is 2.34. The maximum absolute atomic E-state index is 12.6. The van der Waals surface area contributed by atoms with Gasteiger partial charge in [0.1, 0.15) is 85.5 Å². The lowest BCUT2D eigenvalue weighted by Crippen LogP contribution is -2.68. The summed E-state index contributed by atoms with van der Waals surface area (Å²) >= 11 is 0. The second-order valence-electron chi connectivity index (χ2n) is 10.9. The molecule has 0 aliphatic carbocycles. The number of hydrogen-bond donors (Lipinski definition) is 13. The smallest absolute Gasteiger partial charge is 0.394 e. The molecule has 1 amide bonds. The molecule has 3 saturated heterocycles. The topological polar surface area (TPSA) is 327 Å². The SMILES string of the molecule is O=C(NCCO[C@H]1O[C@H]([C@@H](O)CO)[C@@H](O[C@@H]2O[C@H](CO)[C@@H](O)[C@H](O)[C@H]2O)[C@H](O)[C@@H]1O[C@H]1O[C@H]([C@@H](O)CO)[C@@H](O)[C@H](O)[C@@H]1O)C(F)(F)F. The molecule has 3 aliphatic rings. The third-order valence-corrected chi connectivity index (χ3v) is 7.65. The molecule has 20 nitrogen and oxygen atoms in total. The van der Waals surface area contributed by atoms with Crippen LogP contribution < -0.4 is 5.32 Å². The monoisotopic (exact) mass is 703 g/mol. The van der Waals surface area contributed by atoms with E-state index in [2.05, 4.69) is 0 Å². The minimum absolute atomic E-state index is 0.791. The highest BCUT2D eigenvalue weighted by Gasteiger charge is 2.56. The van der Waals surface area contributed by atoms with E-state index in [4.69, 9.17) is 28.4 Å². The standard InChI is InChI=1S/C24H40F3NO19/c25-24(26,27)23(41)28-1-2-42-22-19(47-21-14(39)11(36)12(37)16(44-21)6(32)3-29)15(40)18(17(45-22)7(33)4-30)46-20-13(38)10(35)9(34)8(5-31)43-20/h6-22,29-40H,1-5H2,(H,28,41)/t6-,7-,8+,9+,10-,11-,12-,13+,14-,15-,16+,17+,18-,19-,20-,21+,22-/m0/s1. The van der Waals surface area contributed by atoms with Gasteiger partial charge < -0.3 is 95.0 Å². The highest BCUT2D eigenvalue weighted by atomic mass is 19.4. The number of halogens is 3. The van der Waals surface area contributed by atoms with Gasteiger partial charge in [0.2, 0.25) is 0 Å². The Kier molecular flexibility index (Phi) is 14.4. The van der Waals surface area contributed by atoms with Gasteiger partial charge in [-0.3, -0.25) is 4.79 Å². The zero-order chi connectivity index (χ0) is 35.4. The third kappa shape index (κ3) is 9.21. The van der Waals surface area contributed by atoms with Gasteiger partial charge in [0, 0.05) is 6.54 Å². The molecule has 3 aliphatic heterocycles. The molecule has 3 fully saturated rings. The molecule has 0 aromatic rings. The molecule has 3 rings (SSSR count). The van der Waals surface area contributed by atoms with Crippen LogP contribution in [0, 0.1) is 0 Å². The molecular formula is C24H40F3NO19. The van der Waals surface area contributed by atoms with Crippen molar-refractivity contribution in [2.24, 2.45) is 0 Å². The lowest BCUT2D eigenvalue weighted by molar-refractivity contribution is -0.392. The van der Waals surface area contributed by atoms with Crippen molar-refractivity contribution in [3.05, 3.63) is 0 Å². The van der Waals surface area contributed by atoms with E-state index in [0.29, 0.717) is 0 Å². The van der Waals surface area contributed by atoms with Gasteiger partial charge in [0.15, 0.2) is 18.9 Å². The first-order valence-corrected chi connectivity index (χ1v) is 14.2. The van der Waals surface area contributed by atoms with Crippen LogP contribution >= 0.6 is 0 Å². The third-order valence-electron chi connectivity index (χ3n) is 7.65. The molecule has 47 heavy (non-hydrogen) atoms. The lowest BCUT2D eigenvalue weighted by Gasteiger charge is -2.49. The fourth-order valence-electron chi connectivity index (χ4n) is 5.04. The van der Waals surface area contributed by atoms with Crippen molar-refractivity contribution in [2.45, 2.75) is 111 Å².